The van der Waals surface area contributed by atoms with Crippen LogP contribution in [0.25, 0.3) is 0 Å². The minimum Gasteiger partial charge on any atom is -0.432 e. The average Bonchev–Trinajstić information content (AvgIpc) is 2.83. The van der Waals surface area contributed by atoms with Crippen LogP contribution in [0.2, 0.25) is 0 Å². The number of amides is 2. The van der Waals surface area contributed by atoms with Crippen LogP contribution in [0.4, 0.5) is 10.8 Å². The topological polar surface area (TPSA) is 76.4 Å². The van der Waals surface area contributed by atoms with E-state index >= 15 is 0 Å². The van der Waals surface area contributed by atoms with Crippen molar-refractivity contribution in [3.63, 3.8) is 0 Å². The van der Waals surface area contributed by atoms with Gasteiger partial charge in [0, 0.05) is 13.2 Å². The molecule has 17 heavy (non-hydrogen) atoms. The van der Waals surface area contributed by atoms with Crippen LogP contribution in [0.1, 0.15) is 25.7 Å². The molecule has 0 bridgehead atoms. The second-order valence-electron chi connectivity index (χ2n) is 4.00. The zero-order valence-electron chi connectivity index (χ0n) is 9.65. The molecule has 2 N–H and O–H groups in total. The van der Waals surface area contributed by atoms with Gasteiger partial charge in [0.1, 0.15) is 6.26 Å². The van der Waals surface area contributed by atoms with E-state index in [1.807, 2.05) is 0 Å². The van der Waals surface area contributed by atoms with Crippen LogP contribution in [-0.4, -0.2) is 30.3 Å². The van der Waals surface area contributed by atoms with Crippen LogP contribution in [0.5, 0.6) is 0 Å². The maximum Gasteiger partial charge on any atom is 0.322 e. The number of anilines is 1. The first-order valence-electron chi connectivity index (χ1n) is 5.90. The molecule has 1 fully saturated rings. The molecule has 1 aromatic heterocycles. The van der Waals surface area contributed by atoms with Gasteiger partial charge in [0.05, 0.1) is 12.3 Å². The number of ether oxygens (including phenoxy) is 1. The van der Waals surface area contributed by atoms with E-state index in [9.17, 15) is 4.79 Å². The number of aromatic nitrogens is 1. The number of rotatable bonds is 4. The van der Waals surface area contributed by atoms with E-state index in [4.69, 9.17) is 9.15 Å². The first-order valence-corrected chi connectivity index (χ1v) is 5.90. The molecule has 0 aromatic carbocycles. The Labute approximate surface area is 99.7 Å². The van der Waals surface area contributed by atoms with Crippen molar-refractivity contribution < 1.29 is 13.9 Å². The summed E-state index contributed by atoms with van der Waals surface area (Å²) in [5.41, 5.74) is 0. The number of oxazole rings is 1. The minimum atomic E-state index is -0.303. The summed E-state index contributed by atoms with van der Waals surface area (Å²) in [6.07, 6.45) is 7.46. The van der Waals surface area contributed by atoms with Crippen molar-refractivity contribution >= 4 is 12.0 Å². The van der Waals surface area contributed by atoms with Crippen molar-refractivity contribution in [2.45, 2.75) is 31.8 Å². The van der Waals surface area contributed by atoms with Crippen LogP contribution in [0, 0.1) is 0 Å². The lowest BCUT2D eigenvalue weighted by Crippen LogP contribution is -2.32. The molecule has 1 aliphatic heterocycles. The molecular weight excluding hydrogens is 222 g/mol. The molecule has 94 valence electrons. The van der Waals surface area contributed by atoms with E-state index in [-0.39, 0.29) is 18.1 Å². The zero-order chi connectivity index (χ0) is 11.9. The van der Waals surface area contributed by atoms with Gasteiger partial charge in [-0.15, -0.1) is 0 Å². The lowest BCUT2D eigenvalue weighted by atomic mass is 10.1. The minimum absolute atomic E-state index is 0.205. The molecule has 6 heteroatoms. The van der Waals surface area contributed by atoms with Crippen molar-refractivity contribution in [1.82, 2.24) is 10.3 Å². The third kappa shape index (κ3) is 4.07. The number of hydrogen-bond acceptors (Lipinski definition) is 4. The van der Waals surface area contributed by atoms with Crippen LogP contribution in [-0.2, 0) is 4.74 Å². The highest BCUT2D eigenvalue weighted by Crippen LogP contribution is 2.14. The highest BCUT2D eigenvalue weighted by molar-refractivity contribution is 5.86. The summed E-state index contributed by atoms with van der Waals surface area (Å²) in [5, 5.41) is 5.23. The van der Waals surface area contributed by atoms with E-state index in [1.54, 1.807) is 0 Å². The number of urea groups is 1. The summed E-state index contributed by atoms with van der Waals surface area (Å²) in [4.78, 5) is 15.2. The normalized spacial score (nSPS) is 19.9. The highest BCUT2D eigenvalue weighted by atomic mass is 16.5. The molecule has 2 rings (SSSR count). The number of carbonyl (C=O) groups excluding carboxylic acids is 1. The van der Waals surface area contributed by atoms with Crippen molar-refractivity contribution in [1.29, 1.82) is 0 Å². The fourth-order valence-electron chi connectivity index (χ4n) is 1.81. The third-order valence-electron chi connectivity index (χ3n) is 2.68. The summed E-state index contributed by atoms with van der Waals surface area (Å²) in [5.74, 6) is 0. The standard InChI is InChI=1S/C11H17N3O3/c15-10(14-11-13-6-8-17-11)12-5-4-9-3-1-2-7-16-9/h6,8-9H,1-5,7H2,(H2,12,13,14,15)/t9-/m1/s1. The Morgan fingerprint density at radius 2 is 2.47 bits per heavy atom. The first kappa shape index (κ1) is 11.9. The highest BCUT2D eigenvalue weighted by Gasteiger charge is 2.13. The fourth-order valence-corrected chi connectivity index (χ4v) is 1.81. The number of nitrogens with zero attached hydrogens (tertiary/aromatic N) is 1. The van der Waals surface area contributed by atoms with E-state index < -0.39 is 0 Å². The fraction of sp³-hybridized carbons (Fsp3) is 0.636. The third-order valence-corrected chi connectivity index (χ3v) is 2.68. The molecule has 0 radical (unpaired) electrons. The van der Waals surface area contributed by atoms with Gasteiger partial charge >= 0.3 is 12.0 Å². The summed E-state index contributed by atoms with van der Waals surface area (Å²) in [6, 6.07) is -0.0975. The van der Waals surface area contributed by atoms with Crippen LogP contribution < -0.4 is 10.6 Å². The summed E-state index contributed by atoms with van der Waals surface area (Å²) in [6.45, 7) is 1.43. The SMILES string of the molecule is O=C(NCC[C@H]1CCCCO1)Nc1ncco1. The van der Waals surface area contributed by atoms with Crippen molar-refractivity contribution in [3.8, 4) is 0 Å². The Morgan fingerprint density at radius 3 is 3.18 bits per heavy atom. The van der Waals surface area contributed by atoms with E-state index in [1.165, 1.54) is 18.9 Å². The Hall–Kier alpha value is -1.56. The van der Waals surface area contributed by atoms with Gasteiger partial charge in [0.15, 0.2) is 0 Å². The molecule has 0 aliphatic carbocycles. The van der Waals surface area contributed by atoms with Gasteiger partial charge in [0.25, 0.3) is 0 Å². The zero-order valence-corrected chi connectivity index (χ0v) is 9.65. The maximum absolute atomic E-state index is 11.4. The molecule has 6 nitrogen and oxygen atoms in total. The number of hydrogen-bond donors (Lipinski definition) is 2. The Bertz CT molecular complexity index is 334. The maximum atomic E-state index is 11.4. The molecule has 0 unspecified atom stereocenters. The van der Waals surface area contributed by atoms with Gasteiger partial charge in [0.2, 0.25) is 0 Å². The second-order valence-corrected chi connectivity index (χ2v) is 4.00. The largest absolute Gasteiger partial charge is 0.432 e. The second kappa shape index (κ2) is 6.24. The molecule has 0 saturated carbocycles. The molecule has 1 atom stereocenters. The lowest BCUT2D eigenvalue weighted by molar-refractivity contribution is 0.0120. The van der Waals surface area contributed by atoms with E-state index in [0.717, 1.165) is 25.9 Å². The molecular formula is C11H17N3O3. The Morgan fingerprint density at radius 1 is 1.53 bits per heavy atom. The van der Waals surface area contributed by atoms with E-state index in [0.29, 0.717) is 6.54 Å². The lowest BCUT2D eigenvalue weighted by Gasteiger charge is -2.22. The molecule has 2 amide bonds. The van der Waals surface area contributed by atoms with Crippen LogP contribution in [0.3, 0.4) is 0 Å². The van der Waals surface area contributed by atoms with Gasteiger partial charge in [-0.05, 0) is 25.7 Å². The van der Waals surface area contributed by atoms with Crippen molar-refractivity contribution in [2.24, 2.45) is 0 Å². The van der Waals surface area contributed by atoms with Crippen molar-refractivity contribution in [3.05, 3.63) is 12.5 Å². The molecule has 0 spiro atoms. The van der Waals surface area contributed by atoms with Crippen LogP contribution >= 0.6 is 0 Å². The quantitative estimate of drug-likeness (QED) is 0.839. The van der Waals surface area contributed by atoms with Gasteiger partial charge in [-0.1, -0.05) is 0 Å². The summed E-state index contributed by atoms with van der Waals surface area (Å²) < 4.78 is 10.5. The molecule has 1 aromatic rings. The van der Waals surface area contributed by atoms with Gasteiger partial charge in [-0.2, -0.15) is 0 Å². The average molecular weight is 239 g/mol. The predicted molar refractivity (Wildman–Crippen MR) is 61.7 cm³/mol. The monoisotopic (exact) mass is 239 g/mol. The number of nitrogens with one attached hydrogen (secondary N) is 2. The summed E-state index contributed by atoms with van der Waals surface area (Å²) in [7, 11) is 0. The van der Waals surface area contributed by atoms with Gasteiger partial charge in [-0.3, -0.25) is 5.32 Å². The number of carbonyl (C=O) groups is 1. The Kier molecular flexibility index (Phi) is 4.37. The smallest absolute Gasteiger partial charge is 0.322 e. The van der Waals surface area contributed by atoms with Gasteiger partial charge in [-0.25, -0.2) is 9.78 Å². The Balaban J connectivity index is 1.59. The molecule has 1 saturated heterocycles. The van der Waals surface area contributed by atoms with Gasteiger partial charge < -0.3 is 14.5 Å². The molecule has 1 aliphatic rings. The van der Waals surface area contributed by atoms with Crippen LogP contribution in [0.15, 0.2) is 16.9 Å². The van der Waals surface area contributed by atoms with Crippen molar-refractivity contribution in [2.75, 3.05) is 18.5 Å². The van der Waals surface area contributed by atoms with E-state index in [2.05, 4.69) is 15.6 Å². The predicted octanol–water partition coefficient (Wildman–Crippen LogP) is 1.76. The first-order chi connectivity index (χ1) is 8.34. The molecule has 2 heterocycles. The summed E-state index contributed by atoms with van der Waals surface area (Å²) >= 11 is 0.